The van der Waals surface area contributed by atoms with E-state index in [-0.39, 0.29) is 11.4 Å². The van der Waals surface area contributed by atoms with Gasteiger partial charge in [0.2, 0.25) is 15.9 Å². The summed E-state index contributed by atoms with van der Waals surface area (Å²) in [4.78, 5) is 14.5. The number of carbonyl (C=O) groups is 1. The van der Waals surface area contributed by atoms with E-state index in [1.807, 2.05) is 25.1 Å². The van der Waals surface area contributed by atoms with Gasteiger partial charge in [0.25, 0.3) is 0 Å². The van der Waals surface area contributed by atoms with Crippen molar-refractivity contribution in [1.29, 1.82) is 0 Å². The molecule has 0 aromatic heterocycles. The third-order valence-corrected chi connectivity index (χ3v) is 6.57. The van der Waals surface area contributed by atoms with Crippen molar-refractivity contribution >= 4 is 27.3 Å². The number of benzene rings is 2. The molecule has 0 radical (unpaired) electrons. The molecule has 1 aliphatic heterocycles. The largest absolute Gasteiger partial charge is 0.378 e. The molecule has 2 aromatic rings. The van der Waals surface area contributed by atoms with Crippen molar-refractivity contribution in [2.45, 2.75) is 11.8 Å². The van der Waals surface area contributed by atoms with E-state index in [2.05, 4.69) is 10.2 Å². The monoisotopic (exact) mass is 421 g/mol. The van der Waals surface area contributed by atoms with Crippen LogP contribution in [0, 0.1) is 12.7 Å². The van der Waals surface area contributed by atoms with Crippen LogP contribution < -0.4 is 10.2 Å². The number of nitrogens with one attached hydrogen (secondary N) is 1. The minimum atomic E-state index is -3.89. The van der Waals surface area contributed by atoms with E-state index in [1.165, 1.54) is 19.2 Å². The number of sulfonamides is 1. The fourth-order valence-corrected chi connectivity index (χ4v) is 4.20. The van der Waals surface area contributed by atoms with Crippen LogP contribution in [-0.2, 0) is 19.6 Å². The molecule has 29 heavy (non-hydrogen) atoms. The summed E-state index contributed by atoms with van der Waals surface area (Å²) in [5.74, 6) is -0.985. The van der Waals surface area contributed by atoms with Crippen molar-refractivity contribution in [1.82, 2.24) is 4.31 Å². The Morgan fingerprint density at radius 2 is 1.83 bits per heavy atom. The minimum Gasteiger partial charge on any atom is -0.378 e. The fourth-order valence-electron chi connectivity index (χ4n) is 3.07. The number of carbonyl (C=O) groups excluding carboxylic acids is 1. The molecule has 3 rings (SSSR count). The zero-order chi connectivity index (χ0) is 21.0. The molecule has 1 aliphatic rings. The predicted molar refractivity (Wildman–Crippen MR) is 109 cm³/mol. The summed E-state index contributed by atoms with van der Waals surface area (Å²) in [6.07, 6.45) is 0. The van der Waals surface area contributed by atoms with E-state index in [9.17, 15) is 17.6 Å². The number of nitrogens with zero attached hydrogens (tertiary/aromatic N) is 2. The number of amides is 1. The van der Waals surface area contributed by atoms with Crippen LogP contribution in [0.15, 0.2) is 47.4 Å². The summed E-state index contributed by atoms with van der Waals surface area (Å²) in [6, 6.07) is 10.2. The number of hydrogen-bond acceptors (Lipinski definition) is 5. The number of anilines is 2. The summed E-state index contributed by atoms with van der Waals surface area (Å²) in [7, 11) is -2.57. The lowest BCUT2D eigenvalue weighted by Crippen LogP contribution is -2.36. The second-order valence-electron chi connectivity index (χ2n) is 6.86. The van der Waals surface area contributed by atoms with Crippen LogP contribution in [0.3, 0.4) is 0 Å². The van der Waals surface area contributed by atoms with E-state index in [0.717, 1.165) is 40.8 Å². The highest BCUT2D eigenvalue weighted by Gasteiger charge is 2.23. The first-order chi connectivity index (χ1) is 13.8. The van der Waals surface area contributed by atoms with Gasteiger partial charge in [-0.3, -0.25) is 4.79 Å². The molecule has 0 spiro atoms. The Hall–Kier alpha value is -2.49. The standard InChI is InChI=1S/C20H24FN3O4S/c1-15-13-17(24-9-11-28-12-10-24)5-8-19(15)22-20(25)14-23(2)29(26,27)18-6-3-16(21)4-7-18/h3-8,13H,9-12,14H2,1-2H3,(H,22,25). The highest BCUT2D eigenvalue weighted by Crippen LogP contribution is 2.23. The zero-order valence-corrected chi connectivity index (χ0v) is 17.2. The number of hydrogen-bond donors (Lipinski definition) is 1. The highest BCUT2D eigenvalue weighted by atomic mass is 32.2. The summed E-state index contributed by atoms with van der Waals surface area (Å²) in [6.45, 7) is 4.54. The molecule has 9 heteroatoms. The lowest BCUT2D eigenvalue weighted by Gasteiger charge is -2.29. The predicted octanol–water partition coefficient (Wildman–Crippen LogP) is 2.23. The molecule has 1 saturated heterocycles. The Balaban J connectivity index is 1.64. The molecule has 156 valence electrons. The number of morpholine rings is 1. The number of rotatable bonds is 6. The third-order valence-electron chi connectivity index (χ3n) is 4.75. The first-order valence-electron chi connectivity index (χ1n) is 9.22. The average molecular weight is 421 g/mol. The highest BCUT2D eigenvalue weighted by molar-refractivity contribution is 7.89. The topological polar surface area (TPSA) is 79.0 Å². The Bertz CT molecular complexity index is 974. The average Bonchev–Trinajstić information content (AvgIpc) is 2.70. The van der Waals surface area contributed by atoms with Crippen molar-refractivity contribution in [2.24, 2.45) is 0 Å². The molecule has 1 N–H and O–H groups in total. The van der Waals surface area contributed by atoms with Gasteiger partial charge in [-0.1, -0.05) is 0 Å². The molecule has 0 atom stereocenters. The van der Waals surface area contributed by atoms with Crippen LogP contribution in [-0.4, -0.2) is 58.5 Å². The molecule has 1 heterocycles. The normalized spacial score (nSPS) is 14.8. The molecule has 1 fully saturated rings. The molecule has 1 amide bonds. The van der Waals surface area contributed by atoms with Gasteiger partial charge in [-0.05, 0) is 55.0 Å². The van der Waals surface area contributed by atoms with Crippen LogP contribution in [0.4, 0.5) is 15.8 Å². The van der Waals surface area contributed by atoms with Gasteiger partial charge in [0.05, 0.1) is 24.7 Å². The van der Waals surface area contributed by atoms with E-state index < -0.39 is 21.7 Å². The van der Waals surface area contributed by atoms with Gasteiger partial charge in [0.15, 0.2) is 0 Å². The lowest BCUT2D eigenvalue weighted by molar-refractivity contribution is -0.116. The van der Waals surface area contributed by atoms with Crippen LogP contribution in [0.25, 0.3) is 0 Å². The Labute approximate surface area is 170 Å². The van der Waals surface area contributed by atoms with Gasteiger partial charge in [0, 0.05) is 31.5 Å². The molecule has 0 unspecified atom stereocenters. The van der Waals surface area contributed by atoms with Crippen molar-refractivity contribution < 1.29 is 22.3 Å². The second-order valence-corrected chi connectivity index (χ2v) is 8.91. The molecule has 0 bridgehead atoms. The molecule has 2 aromatic carbocycles. The molecule has 0 aliphatic carbocycles. The second kappa shape index (κ2) is 8.89. The quantitative estimate of drug-likeness (QED) is 0.774. The number of ether oxygens (including phenoxy) is 1. The SMILES string of the molecule is Cc1cc(N2CCOCC2)ccc1NC(=O)CN(C)S(=O)(=O)c1ccc(F)cc1. The van der Waals surface area contributed by atoms with Crippen LogP contribution >= 0.6 is 0 Å². The maximum atomic E-state index is 13.0. The van der Waals surface area contributed by atoms with Gasteiger partial charge in [0.1, 0.15) is 5.82 Å². The summed E-state index contributed by atoms with van der Waals surface area (Å²) in [5, 5.41) is 2.76. The Morgan fingerprint density at radius 3 is 2.45 bits per heavy atom. The van der Waals surface area contributed by atoms with Crippen LogP contribution in [0.1, 0.15) is 5.56 Å². The summed E-state index contributed by atoms with van der Waals surface area (Å²) >= 11 is 0. The lowest BCUT2D eigenvalue weighted by atomic mass is 10.1. The van der Waals surface area contributed by atoms with Crippen LogP contribution in [0.5, 0.6) is 0 Å². The number of likely N-dealkylation sites (N-methyl/N-ethyl adjacent to an activating group) is 1. The van der Waals surface area contributed by atoms with Gasteiger partial charge in [-0.2, -0.15) is 4.31 Å². The van der Waals surface area contributed by atoms with Crippen molar-refractivity contribution in [3.05, 3.63) is 53.8 Å². The summed E-state index contributed by atoms with van der Waals surface area (Å²) < 4.78 is 44.4. The number of aryl methyl sites for hydroxylation is 1. The van der Waals surface area contributed by atoms with E-state index in [0.29, 0.717) is 18.9 Å². The van der Waals surface area contributed by atoms with E-state index in [4.69, 9.17) is 4.74 Å². The Morgan fingerprint density at radius 1 is 1.17 bits per heavy atom. The molecule has 7 nitrogen and oxygen atoms in total. The van der Waals surface area contributed by atoms with E-state index >= 15 is 0 Å². The van der Waals surface area contributed by atoms with Crippen molar-refractivity contribution in [2.75, 3.05) is 50.1 Å². The van der Waals surface area contributed by atoms with Gasteiger partial charge in [-0.15, -0.1) is 0 Å². The van der Waals surface area contributed by atoms with Crippen LogP contribution in [0.2, 0.25) is 0 Å². The van der Waals surface area contributed by atoms with Crippen molar-refractivity contribution in [3.8, 4) is 0 Å². The number of halogens is 1. The Kier molecular flexibility index (Phi) is 6.51. The van der Waals surface area contributed by atoms with Crippen molar-refractivity contribution in [3.63, 3.8) is 0 Å². The first-order valence-corrected chi connectivity index (χ1v) is 10.7. The smallest absolute Gasteiger partial charge is 0.243 e. The molecule has 0 saturated carbocycles. The first kappa shape index (κ1) is 21.2. The minimum absolute atomic E-state index is 0.0692. The van der Waals surface area contributed by atoms with Gasteiger partial charge >= 0.3 is 0 Å². The fraction of sp³-hybridized carbons (Fsp3) is 0.350. The zero-order valence-electron chi connectivity index (χ0n) is 16.4. The summed E-state index contributed by atoms with van der Waals surface area (Å²) in [5.41, 5.74) is 2.56. The third kappa shape index (κ3) is 5.11. The maximum Gasteiger partial charge on any atom is 0.243 e. The van der Waals surface area contributed by atoms with Gasteiger partial charge < -0.3 is 15.0 Å². The maximum absolute atomic E-state index is 13.0. The molecular formula is C20H24FN3O4S. The molecular weight excluding hydrogens is 397 g/mol. The van der Waals surface area contributed by atoms with Gasteiger partial charge in [-0.25, -0.2) is 12.8 Å². The van der Waals surface area contributed by atoms with E-state index in [1.54, 1.807) is 0 Å².